The third-order valence-corrected chi connectivity index (χ3v) is 9.47. The summed E-state index contributed by atoms with van der Waals surface area (Å²) in [7, 11) is 1.33. The Labute approximate surface area is 264 Å². The van der Waals surface area contributed by atoms with Crippen LogP contribution in [0.4, 0.5) is 8.78 Å². The molecule has 44 heavy (non-hydrogen) atoms. The van der Waals surface area contributed by atoms with Gasteiger partial charge in [0.05, 0.1) is 17.2 Å². The topological polar surface area (TPSA) is 96.3 Å². The first kappa shape index (κ1) is 32.3. The molecule has 7 nitrogen and oxygen atoms in total. The van der Waals surface area contributed by atoms with Gasteiger partial charge in [-0.25, -0.2) is 8.78 Å². The summed E-state index contributed by atoms with van der Waals surface area (Å²) >= 11 is 12.3. The summed E-state index contributed by atoms with van der Waals surface area (Å²) in [4.78, 5) is 27.7. The van der Waals surface area contributed by atoms with Crippen molar-refractivity contribution in [1.82, 2.24) is 4.90 Å². The molecule has 0 unspecified atom stereocenters. The average molecular weight is 649 g/mol. The number of benzene rings is 3. The van der Waals surface area contributed by atoms with Gasteiger partial charge in [-0.05, 0) is 60.4 Å². The number of alkyl halides is 1. The van der Waals surface area contributed by atoms with E-state index in [2.05, 4.69) is 0 Å². The zero-order valence-corrected chi connectivity index (χ0v) is 25.8. The molecule has 3 aromatic carbocycles. The van der Waals surface area contributed by atoms with Gasteiger partial charge in [-0.15, -0.1) is 0 Å². The molecule has 0 aromatic heterocycles. The van der Waals surface area contributed by atoms with Crippen molar-refractivity contribution in [3.8, 4) is 0 Å². The summed E-state index contributed by atoms with van der Waals surface area (Å²) in [5.41, 5.74) is -5.56. The molecule has 1 fully saturated rings. The van der Waals surface area contributed by atoms with Gasteiger partial charge in [0.2, 0.25) is 0 Å². The van der Waals surface area contributed by atoms with Crippen LogP contribution in [0.15, 0.2) is 60.7 Å². The van der Waals surface area contributed by atoms with Gasteiger partial charge in [0.25, 0.3) is 5.91 Å². The number of hydrogen-bond acceptors (Lipinski definition) is 5. The van der Waals surface area contributed by atoms with Crippen molar-refractivity contribution >= 4 is 35.1 Å². The Morgan fingerprint density at radius 2 is 1.68 bits per heavy atom. The maximum Gasteiger partial charge on any atom is 0.303 e. The first-order chi connectivity index (χ1) is 20.9. The first-order valence-electron chi connectivity index (χ1n) is 14.4. The molecule has 2 aliphatic heterocycles. The van der Waals surface area contributed by atoms with Crippen LogP contribution < -0.4 is 0 Å². The highest BCUT2D eigenvalue weighted by atomic mass is 35.5. The lowest BCUT2D eigenvalue weighted by Crippen LogP contribution is -2.51. The van der Waals surface area contributed by atoms with Crippen molar-refractivity contribution in [3.63, 3.8) is 0 Å². The highest BCUT2D eigenvalue weighted by molar-refractivity contribution is 6.30. The van der Waals surface area contributed by atoms with Crippen LogP contribution in [-0.2, 0) is 25.6 Å². The van der Waals surface area contributed by atoms with E-state index in [1.165, 1.54) is 18.1 Å². The number of nitrogens with zero attached hydrogens (tertiary/aromatic N) is 1. The second kappa shape index (κ2) is 12.4. The molecule has 11 heteroatoms. The summed E-state index contributed by atoms with van der Waals surface area (Å²) in [5, 5.41) is 22.3. The van der Waals surface area contributed by atoms with Crippen molar-refractivity contribution in [1.29, 1.82) is 0 Å². The number of fused-ring (bicyclic) bond motifs is 1. The highest BCUT2D eigenvalue weighted by Gasteiger charge is 2.58. The number of aliphatic carboxylic acids is 1. The number of aliphatic hydroxyl groups is 1. The van der Waals surface area contributed by atoms with E-state index in [0.29, 0.717) is 21.2 Å². The predicted molar refractivity (Wildman–Crippen MR) is 161 cm³/mol. The number of amides is 1. The molecule has 2 aliphatic rings. The second-order valence-corrected chi connectivity index (χ2v) is 12.1. The average Bonchev–Trinajstić information content (AvgIpc) is 3.27. The Hall–Kier alpha value is -3.08. The maximum atomic E-state index is 16.7. The molecule has 1 saturated heterocycles. The van der Waals surface area contributed by atoms with E-state index in [-0.39, 0.29) is 62.0 Å². The van der Waals surface area contributed by atoms with E-state index in [1.54, 1.807) is 55.5 Å². The van der Waals surface area contributed by atoms with Crippen LogP contribution in [0.3, 0.4) is 0 Å². The number of hydrogen-bond donors (Lipinski definition) is 2. The fourth-order valence-corrected chi connectivity index (χ4v) is 6.92. The smallest absolute Gasteiger partial charge is 0.303 e. The molecule has 3 atom stereocenters. The van der Waals surface area contributed by atoms with Crippen LogP contribution in [-0.4, -0.2) is 53.0 Å². The molecule has 0 bridgehead atoms. The number of carboxylic acid groups (broad SMARTS) is 1. The number of ether oxygens (including phenoxy) is 2. The Morgan fingerprint density at radius 3 is 2.23 bits per heavy atom. The summed E-state index contributed by atoms with van der Waals surface area (Å²) in [5.74, 6) is -2.66. The van der Waals surface area contributed by atoms with Gasteiger partial charge in [-0.1, -0.05) is 54.4 Å². The molecule has 2 heterocycles. The van der Waals surface area contributed by atoms with Crippen LogP contribution in [0.5, 0.6) is 0 Å². The van der Waals surface area contributed by atoms with Gasteiger partial charge in [-0.2, -0.15) is 0 Å². The van der Waals surface area contributed by atoms with Crippen LogP contribution in [0, 0.1) is 5.82 Å². The van der Waals surface area contributed by atoms with Crippen LogP contribution in [0.2, 0.25) is 10.0 Å². The lowest BCUT2D eigenvalue weighted by atomic mass is 9.72. The molecule has 0 spiro atoms. The largest absolute Gasteiger partial charge is 0.481 e. The third kappa shape index (κ3) is 5.28. The van der Waals surface area contributed by atoms with E-state index in [0.717, 1.165) is 6.07 Å². The van der Waals surface area contributed by atoms with E-state index in [9.17, 15) is 19.8 Å². The molecule has 1 amide bonds. The molecule has 0 radical (unpaired) electrons. The minimum Gasteiger partial charge on any atom is -0.481 e. The quantitative estimate of drug-likeness (QED) is 0.242. The van der Waals surface area contributed by atoms with Crippen molar-refractivity contribution < 1.29 is 38.1 Å². The Morgan fingerprint density at radius 1 is 1.09 bits per heavy atom. The summed E-state index contributed by atoms with van der Waals surface area (Å²) < 4.78 is 44.5. The fraction of sp³-hybridized carbons (Fsp3) is 0.394. The molecule has 0 saturated carbocycles. The van der Waals surface area contributed by atoms with Gasteiger partial charge in [0.15, 0.2) is 5.72 Å². The van der Waals surface area contributed by atoms with E-state index < -0.39 is 40.7 Å². The molecule has 0 aliphatic carbocycles. The minimum atomic E-state index is -2.12. The van der Waals surface area contributed by atoms with Crippen LogP contribution in [0.25, 0.3) is 0 Å². The number of rotatable bonds is 10. The molecular formula is C33H33Cl2F2NO6. The fourth-order valence-electron chi connectivity index (χ4n) is 6.67. The number of carbonyl (C=O) groups is 2. The highest BCUT2D eigenvalue weighted by Crippen LogP contribution is 2.53. The van der Waals surface area contributed by atoms with Crippen molar-refractivity contribution in [3.05, 3.63) is 104 Å². The predicted octanol–water partition coefficient (Wildman–Crippen LogP) is 7.16. The summed E-state index contributed by atoms with van der Waals surface area (Å²) in [6.07, 6.45) is -0.647. The van der Waals surface area contributed by atoms with Gasteiger partial charge < -0.3 is 19.7 Å². The lowest BCUT2D eigenvalue weighted by Gasteiger charge is -2.44. The molecule has 5 rings (SSSR count). The molecule has 234 valence electrons. The first-order valence-corrected chi connectivity index (χ1v) is 15.1. The summed E-state index contributed by atoms with van der Waals surface area (Å²) in [6, 6.07) is 14.4. The monoisotopic (exact) mass is 647 g/mol. The normalized spacial score (nSPS) is 21.5. The Kier molecular flexibility index (Phi) is 9.08. The Bertz CT molecular complexity index is 1550. The van der Waals surface area contributed by atoms with Crippen molar-refractivity contribution in [2.75, 3.05) is 20.3 Å². The number of methoxy groups -OCH3 is 1. The van der Waals surface area contributed by atoms with Crippen LogP contribution >= 0.6 is 23.2 Å². The van der Waals surface area contributed by atoms with Gasteiger partial charge >= 0.3 is 5.97 Å². The molecule has 3 aromatic rings. The second-order valence-electron chi connectivity index (χ2n) is 11.2. The molecular weight excluding hydrogens is 615 g/mol. The number of halogens is 4. The van der Waals surface area contributed by atoms with E-state index >= 15 is 8.78 Å². The summed E-state index contributed by atoms with van der Waals surface area (Å²) in [6.45, 7) is 1.79. The minimum absolute atomic E-state index is 0.0453. The van der Waals surface area contributed by atoms with E-state index in [1.807, 2.05) is 0 Å². The SMILES string of the molecule is CC[C@@](O)(c1cc(F)c2c(c1)C(=O)N([C@@H](CCC(=O)O)c1ccc(Cl)cc1)[C@@]2(OC)c1ccc(Cl)cc1)C1(F)CCOCC1. The Balaban J connectivity index is 1.77. The van der Waals surface area contributed by atoms with E-state index in [4.69, 9.17) is 32.7 Å². The van der Waals surface area contributed by atoms with Gasteiger partial charge in [0, 0.05) is 55.2 Å². The standard InChI is InChI=1S/C33H33Cl2F2NO6/c1-3-32(42,31(37)14-16-44-17-15-31)22-18-25-29(26(36)19-22)33(43-2,21-6-10-24(35)11-7-21)38(30(25)41)27(12-13-28(39)40)20-4-8-23(34)9-5-20/h4-11,18-19,27,42H,3,12-17H2,1-2H3,(H,39,40)/t27-,32+,33+/m0/s1. The lowest BCUT2D eigenvalue weighted by molar-refractivity contribution is -0.155. The zero-order chi connectivity index (χ0) is 31.9. The molecule has 2 N–H and O–H groups in total. The van der Waals surface area contributed by atoms with Gasteiger partial charge in [0.1, 0.15) is 17.1 Å². The zero-order valence-electron chi connectivity index (χ0n) is 24.3. The van der Waals surface area contributed by atoms with Crippen molar-refractivity contribution in [2.45, 2.75) is 62.1 Å². The van der Waals surface area contributed by atoms with Gasteiger partial charge in [-0.3, -0.25) is 14.5 Å². The van der Waals surface area contributed by atoms with Crippen LogP contribution in [0.1, 0.15) is 77.7 Å². The number of carboxylic acids is 1. The third-order valence-electron chi connectivity index (χ3n) is 8.96. The number of carbonyl (C=O) groups excluding carboxylic acids is 1. The van der Waals surface area contributed by atoms with Crippen molar-refractivity contribution in [2.24, 2.45) is 0 Å². The maximum absolute atomic E-state index is 16.7.